The first-order valence-corrected chi connectivity index (χ1v) is 6.40. The van der Waals surface area contributed by atoms with Crippen LogP contribution in [0.1, 0.15) is 30.4 Å². The summed E-state index contributed by atoms with van der Waals surface area (Å²) in [6.07, 6.45) is 2.38. The minimum atomic E-state index is 0.0287. The van der Waals surface area contributed by atoms with Crippen LogP contribution in [0.4, 0.5) is 0 Å². The van der Waals surface area contributed by atoms with Gasteiger partial charge >= 0.3 is 0 Å². The molecule has 0 aliphatic heterocycles. The molecule has 19 heavy (non-hydrogen) atoms. The lowest BCUT2D eigenvalue weighted by Crippen LogP contribution is -2.25. The minimum absolute atomic E-state index is 0.0287. The molecule has 4 N–H and O–H groups in total. The molecule has 5 heteroatoms. The Kier molecular flexibility index (Phi) is 6.43. The third kappa shape index (κ3) is 6.45. The molecular weight excluding hydrogens is 242 g/mol. The lowest BCUT2D eigenvalue weighted by atomic mass is 10.1. The molecular formula is C14H21N3O2. The Balaban J connectivity index is 2.18. The van der Waals surface area contributed by atoms with E-state index in [1.165, 1.54) is 11.1 Å². The molecule has 5 nitrogen and oxygen atoms in total. The number of amidine groups is 1. The van der Waals surface area contributed by atoms with Crippen molar-refractivity contribution >= 4 is 11.7 Å². The molecule has 0 aromatic heterocycles. The van der Waals surface area contributed by atoms with Gasteiger partial charge in [-0.15, -0.1) is 0 Å². The number of nitrogens with two attached hydrogens (primary N) is 1. The van der Waals surface area contributed by atoms with Gasteiger partial charge in [0.15, 0.2) is 0 Å². The van der Waals surface area contributed by atoms with Crippen molar-refractivity contribution in [3.8, 4) is 0 Å². The van der Waals surface area contributed by atoms with Crippen LogP contribution in [-0.2, 0) is 11.2 Å². The summed E-state index contributed by atoms with van der Waals surface area (Å²) in [6, 6.07) is 8.15. The number of rotatable bonds is 7. The van der Waals surface area contributed by atoms with E-state index in [-0.39, 0.29) is 11.7 Å². The van der Waals surface area contributed by atoms with Crippen molar-refractivity contribution in [1.29, 1.82) is 0 Å². The number of aryl methyl sites for hydroxylation is 2. The summed E-state index contributed by atoms with van der Waals surface area (Å²) in [5.74, 6) is 0.218. The van der Waals surface area contributed by atoms with Crippen molar-refractivity contribution in [1.82, 2.24) is 5.32 Å². The topological polar surface area (TPSA) is 87.7 Å². The van der Waals surface area contributed by atoms with Crippen LogP contribution in [0.25, 0.3) is 0 Å². The van der Waals surface area contributed by atoms with Crippen LogP contribution >= 0.6 is 0 Å². The highest BCUT2D eigenvalue weighted by atomic mass is 16.4. The van der Waals surface area contributed by atoms with E-state index in [9.17, 15) is 4.79 Å². The Morgan fingerprint density at radius 3 is 2.89 bits per heavy atom. The zero-order chi connectivity index (χ0) is 14.1. The van der Waals surface area contributed by atoms with Gasteiger partial charge in [0.1, 0.15) is 5.84 Å². The molecule has 104 valence electrons. The van der Waals surface area contributed by atoms with Gasteiger partial charge in [0.25, 0.3) is 0 Å². The van der Waals surface area contributed by atoms with Crippen LogP contribution in [0.15, 0.2) is 29.4 Å². The molecule has 0 heterocycles. The molecule has 0 unspecified atom stereocenters. The van der Waals surface area contributed by atoms with E-state index >= 15 is 0 Å². The summed E-state index contributed by atoms with van der Waals surface area (Å²) in [5.41, 5.74) is 7.70. The maximum atomic E-state index is 11.6. The fourth-order valence-electron chi connectivity index (χ4n) is 1.76. The van der Waals surface area contributed by atoms with Gasteiger partial charge in [-0.1, -0.05) is 35.0 Å². The van der Waals surface area contributed by atoms with Crippen molar-refractivity contribution in [3.05, 3.63) is 35.4 Å². The van der Waals surface area contributed by atoms with Gasteiger partial charge in [-0.3, -0.25) is 4.79 Å². The van der Waals surface area contributed by atoms with Crippen molar-refractivity contribution < 1.29 is 10.0 Å². The second kappa shape index (κ2) is 8.13. The average molecular weight is 263 g/mol. The van der Waals surface area contributed by atoms with E-state index in [2.05, 4.69) is 16.5 Å². The van der Waals surface area contributed by atoms with Crippen LogP contribution in [0.5, 0.6) is 0 Å². The quantitative estimate of drug-likeness (QED) is 0.229. The van der Waals surface area contributed by atoms with Gasteiger partial charge in [-0.05, 0) is 25.3 Å². The smallest absolute Gasteiger partial charge is 0.220 e. The predicted molar refractivity (Wildman–Crippen MR) is 75.2 cm³/mol. The van der Waals surface area contributed by atoms with Gasteiger partial charge < -0.3 is 16.3 Å². The number of hydrogen-bond acceptors (Lipinski definition) is 3. The van der Waals surface area contributed by atoms with Gasteiger partial charge in [0.05, 0.1) is 0 Å². The minimum Gasteiger partial charge on any atom is -0.409 e. The SMILES string of the molecule is Cc1cccc(CCC(=O)NCCCC(N)=NO)c1. The van der Waals surface area contributed by atoms with E-state index in [0.717, 1.165) is 6.42 Å². The van der Waals surface area contributed by atoms with Crippen molar-refractivity contribution in [3.63, 3.8) is 0 Å². The highest BCUT2D eigenvalue weighted by molar-refractivity contribution is 5.79. The Bertz CT molecular complexity index is 444. The normalized spacial score (nSPS) is 11.3. The fraction of sp³-hybridized carbons (Fsp3) is 0.429. The number of benzene rings is 1. The lowest BCUT2D eigenvalue weighted by molar-refractivity contribution is -0.121. The Morgan fingerprint density at radius 2 is 2.21 bits per heavy atom. The third-order valence-electron chi connectivity index (χ3n) is 2.78. The maximum absolute atomic E-state index is 11.6. The van der Waals surface area contributed by atoms with E-state index in [0.29, 0.717) is 25.8 Å². The monoisotopic (exact) mass is 263 g/mol. The Morgan fingerprint density at radius 1 is 1.42 bits per heavy atom. The first-order chi connectivity index (χ1) is 9.11. The average Bonchev–Trinajstić information content (AvgIpc) is 2.41. The molecule has 0 saturated carbocycles. The maximum Gasteiger partial charge on any atom is 0.220 e. The molecule has 0 atom stereocenters. The van der Waals surface area contributed by atoms with Gasteiger partial charge in [-0.2, -0.15) is 0 Å². The predicted octanol–water partition coefficient (Wildman–Crippen LogP) is 1.57. The zero-order valence-corrected chi connectivity index (χ0v) is 11.2. The summed E-state index contributed by atoms with van der Waals surface area (Å²) in [4.78, 5) is 11.6. The molecule has 0 spiro atoms. The zero-order valence-electron chi connectivity index (χ0n) is 11.2. The van der Waals surface area contributed by atoms with Crippen LogP contribution < -0.4 is 11.1 Å². The summed E-state index contributed by atoms with van der Waals surface area (Å²) < 4.78 is 0. The standard InChI is InChI=1S/C14H21N3O2/c1-11-4-2-5-12(10-11)7-8-14(18)16-9-3-6-13(15)17-19/h2,4-5,10,19H,3,6-9H2,1H3,(H2,15,17)(H,16,18). The molecule has 0 aliphatic rings. The molecule has 1 amide bonds. The summed E-state index contributed by atoms with van der Waals surface area (Å²) >= 11 is 0. The summed E-state index contributed by atoms with van der Waals surface area (Å²) in [7, 11) is 0. The number of carbonyl (C=O) groups excluding carboxylic acids is 1. The molecule has 0 saturated heterocycles. The largest absolute Gasteiger partial charge is 0.409 e. The Labute approximate surface area is 113 Å². The van der Waals surface area contributed by atoms with Crippen molar-refractivity contribution in [2.24, 2.45) is 10.9 Å². The van der Waals surface area contributed by atoms with Crippen molar-refractivity contribution in [2.75, 3.05) is 6.54 Å². The van der Waals surface area contributed by atoms with Gasteiger partial charge in [-0.25, -0.2) is 0 Å². The molecule has 1 aromatic rings. The second-order valence-corrected chi connectivity index (χ2v) is 4.53. The molecule has 1 aromatic carbocycles. The number of hydrogen-bond donors (Lipinski definition) is 3. The van der Waals surface area contributed by atoms with Crippen LogP contribution in [0, 0.1) is 6.92 Å². The number of carbonyl (C=O) groups is 1. The van der Waals surface area contributed by atoms with E-state index in [1.807, 2.05) is 25.1 Å². The Hall–Kier alpha value is -2.04. The van der Waals surface area contributed by atoms with Crippen LogP contribution in [0.3, 0.4) is 0 Å². The molecule has 0 fully saturated rings. The molecule has 0 bridgehead atoms. The number of oxime groups is 1. The van der Waals surface area contributed by atoms with Gasteiger partial charge in [0.2, 0.25) is 5.91 Å². The number of amides is 1. The second-order valence-electron chi connectivity index (χ2n) is 4.53. The first-order valence-electron chi connectivity index (χ1n) is 6.40. The summed E-state index contributed by atoms with van der Waals surface area (Å²) in [5, 5.41) is 14.0. The molecule has 0 radical (unpaired) electrons. The third-order valence-corrected chi connectivity index (χ3v) is 2.78. The van der Waals surface area contributed by atoms with Crippen LogP contribution in [0.2, 0.25) is 0 Å². The number of nitrogens with one attached hydrogen (secondary N) is 1. The van der Waals surface area contributed by atoms with E-state index in [4.69, 9.17) is 10.9 Å². The van der Waals surface area contributed by atoms with E-state index in [1.54, 1.807) is 0 Å². The lowest BCUT2D eigenvalue weighted by Gasteiger charge is -2.05. The highest BCUT2D eigenvalue weighted by Crippen LogP contribution is 2.06. The summed E-state index contributed by atoms with van der Waals surface area (Å²) in [6.45, 7) is 2.58. The van der Waals surface area contributed by atoms with Crippen molar-refractivity contribution in [2.45, 2.75) is 32.6 Å². The van der Waals surface area contributed by atoms with E-state index < -0.39 is 0 Å². The first kappa shape index (κ1) is 15.0. The molecule has 1 rings (SSSR count). The molecule has 0 aliphatic carbocycles. The van der Waals surface area contributed by atoms with Crippen LogP contribution in [-0.4, -0.2) is 23.5 Å². The van der Waals surface area contributed by atoms with Gasteiger partial charge in [0, 0.05) is 19.4 Å². The number of nitrogens with zero attached hydrogens (tertiary/aromatic N) is 1. The highest BCUT2D eigenvalue weighted by Gasteiger charge is 2.02. The fourth-order valence-corrected chi connectivity index (χ4v) is 1.76.